The third kappa shape index (κ3) is 3.61. The molecule has 1 aromatic rings. The molecule has 14 heavy (non-hydrogen) atoms. The van der Waals surface area contributed by atoms with E-state index in [4.69, 9.17) is 19.8 Å². The summed E-state index contributed by atoms with van der Waals surface area (Å²) in [4.78, 5) is 0. The average Bonchev–Trinajstić information content (AvgIpc) is 2.17. The Bertz CT molecular complexity index is 309. The highest BCUT2D eigenvalue weighted by molar-refractivity contribution is 6.30. The molecule has 1 heterocycles. The van der Waals surface area contributed by atoms with Gasteiger partial charge in [0.15, 0.2) is 0 Å². The van der Waals surface area contributed by atoms with E-state index in [1.165, 1.54) is 5.56 Å². The number of para-hydroxylation sites is 1. The largest absolute Gasteiger partial charge is 0.631 e. The molecule has 0 saturated carbocycles. The monoisotopic (exact) mass is 194 g/mol. The van der Waals surface area contributed by atoms with E-state index in [9.17, 15) is 0 Å². The van der Waals surface area contributed by atoms with Gasteiger partial charge in [0.1, 0.15) is 12.4 Å². The first kappa shape index (κ1) is 10.8. The molecule has 3 N–H and O–H groups in total. The molecule has 0 atom stereocenters. The molecule has 0 saturated heterocycles. The van der Waals surface area contributed by atoms with Crippen molar-refractivity contribution in [2.75, 3.05) is 6.61 Å². The van der Waals surface area contributed by atoms with Crippen LogP contribution in [0.25, 0.3) is 6.08 Å². The second-order valence-corrected chi connectivity index (χ2v) is 2.60. The number of benzene rings is 1. The fourth-order valence-electron chi connectivity index (χ4n) is 1.06. The predicted octanol–water partition coefficient (Wildman–Crippen LogP) is 0.0404. The van der Waals surface area contributed by atoms with Crippen LogP contribution in [0.15, 0.2) is 30.3 Å². The van der Waals surface area contributed by atoms with E-state index in [-0.39, 0.29) is 0 Å². The summed E-state index contributed by atoms with van der Waals surface area (Å²) in [7, 11) is -2.17. The van der Waals surface area contributed by atoms with E-state index in [0.717, 1.165) is 5.75 Å². The summed E-state index contributed by atoms with van der Waals surface area (Å²) >= 11 is 0. The van der Waals surface area contributed by atoms with Crippen LogP contribution in [0, 0.1) is 0 Å². The SMILES string of the molecule is C1=Cc2ccccc2OC1.OB(O)O. The van der Waals surface area contributed by atoms with Gasteiger partial charge in [0, 0.05) is 5.56 Å². The summed E-state index contributed by atoms with van der Waals surface area (Å²) in [5, 5.41) is 21.5. The van der Waals surface area contributed by atoms with Gasteiger partial charge in [0.05, 0.1) is 0 Å². The van der Waals surface area contributed by atoms with E-state index in [0.29, 0.717) is 6.61 Å². The molecule has 1 aliphatic rings. The zero-order valence-electron chi connectivity index (χ0n) is 7.50. The number of fused-ring (bicyclic) bond motifs is 1. The number of ether oxygens (including phenoxy) is 1. The Morgan fingerprint density at radius 2 is 1.79 bits per heavy atom. The first-order chi connectivity index (χ1) is 6.70. The topological polar surface area (TPSA) is 69.9 Å². The maximum atomic E-state index is 7.17. The third-order valence-corrected chi connectivity index (χ3v) is 1.55. The van der Waals surface area contributed by atoms with Crippen molar-refractivity contribution in [3.8, 4) is 5.75 Å². The second kappa shape index (κ2) is 5.44. The lowest BCUT2D eigenvalue weighted by molar-refractivity contribution is 0.278. The van der Waals surface area contributed by atoms with Crippen LogP contribution in [0.2, 0.25) is 0 Å². The van der Waals surface area contributed by atoms with E-state index in [2.05, 4.69) is 6.08 Å². The maximum absolute atomic E-state index is 7.17. The minimum absolute atomic E-state index is 0.705. The Morgan fingerprint density at radius 1 is 1.14 bits per heavy atom. The molecular formula is C9H11BO4. The zero-order chi connectivity index (χ0) is 10.4. The number of hydrogen-bond acceptors (Lipinski definition) is 4. The molecule has 1 aromatic carbocycles. The number of hydrogen-bond donors (Lipinski definition) is 3. The van der Waals surface area contributed by atoms with Crippen LogP contribution in [-0.2, 0) is 0 Å². The maximum Gasteiger partial charge on any atom is 0.631 e. The number of rotatable bonds is 0. The smallest absolute Gasteiger partial charge is 0.489 e. The zero-order valence-corrected chi connectivity index (χ0v) is 7.50. The van der Waals surface area contributed by atoms with Crippen molar-refractivity contribution >= 4 is 13.4 Å². The van der Waals surface area contributed by atoms with Gasteiger partial charge in [0.25, 0.3) is 0 Å². The molecule has 0 aliphatic carbocycles. The molecule has 1 aliphatic heterocycles. The van der Waals surface area contributed by atoms with Crippen molar-refractivity contribution in [3.05, 3.63) is 35.9 Å². The molecule has 0 bridgehead atoms. The average molecular weight is 194 g/mol. The summed E-state index contributed by atoms with van der Waals surface area (Å²) in [6.45, 7) is 0.705. The highest BCUT2D eigenvalue weighted by atomic mass is 16.5. The van der Waals surface area contributed by atoms with Gasteiger partial charge < -0.3 is 19.8 Å². The minimum atomic E-state index is -2.17. The molecule has 74 valence electrons. The molecule has 0 spiro atoms. The highest BCUT2D eigenvalue weighted by Gasteiger charge is 2.01. The van der Waals surface area contributed by atoms with Crippen LogP contribution in [-0.4, -0.2) is 29.0 Å². The molecule has 5 heteroatoms. The lowest BCUT2D eigenvalue weighted by Gasteiger charge is -2.10. The molecule has 2 rings (SSSR count). The standard InChI is InChI=1S/C9H8O.BH3O3/c1-2-6-9-8(4-1)5-3-7-10-9;2-1(3)4/h1-6H,7H2;2-4H. The molecule has 0 amide bonds. The van der Waals surface area contributed by atoms with Gasteiger partial charge in [-0.3, -0.25) is 0 Å². The van der Waals surface area contributed by atoms with Crippen LogP contribution in [0.3, 0.4) is 0 Å². The third-order valence-electron chi connectivity index (χ3n) is 1.55. The fraction of sp³-hybridized carbons (Fsp3) is 0.111. The first-order valence-corrected chi connectivity index (χ1v) is 4.13. The Hall–Kier alpha value is -1.30. The van der Waals surface area contributed by atoms with Crippen molar-refractivity contribution in [3.63, 3.8) is 0 Å². The van der Waals surface area contributed by atoms with Gasteiger partial charge >= 0.3 is 7.32 Å². The van der Waals surface area contributed by atoms with E-state index in [1.54, 1.807) is 0 Å². The van der Waals surface area contributed by atoms with Crippen molar-refractivity contribution in [1.82, 2.24) is 0 Å². The predicted molar refractivity (Wildman–Crippen MR) is 53.4 cm³/mol. The summed E-state index contributed by atoms with van der Waals surface area (Å²) < 4.78 is 5.34. The molecule has 4 nitrogen and oxygen atoms in total. The Kier molecular flexibility index (Phi) is 4.19. The van der Waals surface area contributed by atoms with Crippen LogP contribution in [0.4, 0.5) is 0 Å². The lowest BCUT2D eigenvalue weighted by Crippen LogP contribution is -2.07. The van der Waals surface area contributed by atoms with Gasteiger partial charge in [-0.25, -0.2) is 0 Å². The Balaban J connectivity index is 0.000000213. The second-order valence-electron chi connectivity index (χ2n) is 2.60. The molecule has 0 fully saturated rings. The van der Waals surface area contributed by atoms with Gasteiger partial charge in [-0.1, -0.05) is 24.3 Å². The van der Waals surface area contributed by atoms with Gasteiger partial charge in [-0.15, -0.1) is 0 Å². The molecule has 0 unspecified atom stereocenters. The van der Waals surface area contributed by atoms with E-state index in [1.807, 2.05) is 30.3 Å². The van der Waals surface area contributed by atoms with Crippen molar-refractivity contribution in [1.29, 1.82) is 0 Å². The Labute approximate surface area is 82.3 Å². The quantitative estimate of drug-likeness (QED) is 0.510. The molecular weight excluding hydrogens is 183 g/mol. The normalized spacial score (nSPS) is 11.9. The molecule has 0 aromatic heterocycles. The van der Waals surface area contributed by atoms with Crippen LogP contribution in [0.5, 0.6) is 5.75 Å². The summed E-state index contributed by atoms with van der Waals surface area (Å²) in [5.74, 6) is 0.991. The van der Waals surface area contributed by atoms with Gasteiger partial charge in [-0.2, -0.15) is 0 Å². The van der Waals surface area contributed by atoms with Crippen molar-refractivity contribution in [2.24, 2.45) is 0 Å². The highest BCUT2D eigenvalue weighted by Crippen LogP contribution is 2.21. The molecule has 0 radical (unpaired) electrons. The van der Waals surface area contributed by atoms with Crippen molar-refractivity contribution in [2.45, 2.75) is 0 Å². The van der Waals surface area contributed by atoms with E-state index >= 15 is 0 Å². The van der Waals surface area contributed by atoms with Crippen LogP contribution >= 0.6 is 0 Å². The summed E-state index contributed by atoms with van der Waals surface area (Å²) in [5.41, 5.74) is 1.17. The van der Waals surface area contributed by atoms with Crippen LogP contribution in [0.1, 0.15) is 5.56 Å². The van der Waals surface area contributed by atoms with Gasteiger partial charge in [-0.05, 0) is 12.1 Å². The summed E-state index contributed by atoms with van der Waals surface area (Å²) in [6, 6.07) is 8.03. The van der Waals surface area contributed by atoms with Crippen molar-refractivity contribution < 1.29 is 19.8 Å². The fourth-order valence-corrected chi connectivity index (χ4v) is 1.06. The summed E-state index contributed by atoms with van der Waals surface area (Å²) in [6.07, 6.45) is 4.10. The first-order valence-electron chi connectivity index (χ1n) is 4.13. The minimum Gasteiger partial charge on any atom is -0.489 e. The van der Waals surface area contributed by atoms with Gasteiger partial charge in [0.2, 0.25) is 0 Å². The van der Waals surface area contributed by atoms with Crippen LogP contribution < -0.4 is 4.74 Å². The Morgan fingerprint density at radius 3 is 2.43 bits per heavy atom. The lowest BCUT2D eigenvalue weighted by atomic mass is 10.1. The van der Waals surface area contributed by atoms with E-state index < -0.39 is 7.32 Å².